The average molecular weight is 322 g/mol. The molecule has 3 aliphatic rings. The Morgan fingerprint density at radius 2 is 1.43 bits per heavy atom. The second-order valence-electron chi connectivity index (χ2n) is 9.74. The summed E-state index contributed by atoms with van der Waals surface area (Å²) < 4.78 is 0. The number of rotatable bonds is 2. The van der Waals surface area contributed by atoms with Crippen molar-refractivity contribution in [3.63, 3.8) is 0 Å². The van der Waals surface area contributed by atoms with E-state index in [1.165, 1.54) is 71.4 Å². The molecule has 0 atom stereocenters. The Morgan fingerprint density at radius 1 is 0.870 bits per heavy atom. The smallest absolute Gasteiger partial charge is 0.0125 e. The van der Waals surface area contributed by atoms with Gasteiger partial charge in [-0.3, -0.25) is 9.80 Å². The Kier molecular flexibility index (Phi) is 5.11. The third kappa shape index (κ3) is 3.93. The Labute approximate surface area is 144 Å². The first-order valence-corrected chi connectivity index (χ1v) is 10.0. The molecule has 3 saturated heterocycles. The van der Waals surface area contributed by atoms with Gasteiger partial charge in [0.05, 0.1) is 0 Å². The number of nitrogens with zero attached hydrogens (tertiary/aromatic N) is 3. The lowest BCUT2D eigenvalue weighted by Crippen LogP contribution is -2.50. The SMILES string of the molecule is CC(C)N1CCC(N2CCC3(CCN(C(C)(C)C)CC3)C2)CC1. The first-order chi connectivity index (χ1) is 10.8. The van der Waals surface area contributed by atoms with Crippen LogP contribution in [0.1, 0.15) is 66.7 Å². The summed E-state index contributed by atoms with van der Waals surface area (Å²) in [5.74, 6) is 0. The van der Waals surface area contributed by atoms with Gasteiger partial charge in [0.25, 0.3) is 0 Å². The van der Waals surface area contributed by atoms with Crippen LogP contribution < -0.4 is 0 Å². The standard InChI is InChI=1S/C20H39N3/c1-17(2)21-11-6-18(7-12-21)22-13-8-20(16-22)9-14-23(15-10-20)19(3,4)5/h17-18H,6-16H2,1-5H3. The maximum atomic E-state index is 2.87. The van der Waals surface area contributed by atoms with E-state index in [0.29, 0.717) is 11.0 Å². The van der Waals surface area contributed by atoms with Crippen LogP contribution in [0, 0.1) is 5.41 Å². The van der Waals surface area contributed by atoms with Crippen LogP contribution in [0.2, 0.25) is 0 Å². The highest BCUT2D eigenvalue weighted by Crippen LogP contribution is 2.43. The molecule has 23 heavy (non-hydrogen) atoms. The van der Waals surface area contributed by atoms with E-state index in [9.17, 15) is 0 Å². The molecule has 0 aliphatic carbocycles. The van der Waals surface area contributed by atoms with Gasteiger partial charge in [0.1, 0.15) is 0 Å². The molecular formula is C20H39N3. The van der Waals surface area contributed by atoms with Gasteiger partial charge in [-0.1, -0.05) is 0 Å². The molecule has 3 heterocycles. The third-order valence-electron chi connectivity index (χ3n) is 6.99. The topological polar surface area (TPSA) is 9.72 Å². The van der Waals surface area contributed by atoms with E-state index in [1.54, 1.807) is 0 Å². The van der Waals surface area contributed by atoms with E-state index in [-0.39, 0.29) is 0 Å². The van der Waals surface area contributed by atoms with Crippen molar-refractivity contribution in [1.82, 2.24) is 14.7 Å². The number of piperidine rings is 2. The van der Waals surface area contributed by atoms with Gasteiger partial charge in [0.15, 0.2) is 0 Å². The molecule has 134 valence electrons. The monoisotopic (exact) mass is 321 g/mol. The molecule has 0 aromatic carbocycles. The summed E-state index contributed by atoms with van der Waals surface area (Å²) in [5, 5.41) is 0. The molecule has 3 nitrogen and oxygen atoms in total. The van der Waals surface area contributed by atoms with Gasteiger partial charge in [-0.2, -0.15) is 0 Å². The van der Waals surface area contributed by atoms with Crippen LogP contribution in [0.5, 0.6) is 0 Å². The van der Waals surface area contributed by atoms with Crippen molar-refractivity contribution in [2.75, 3.05) is 39.3 Å². The molecule has 0 unspecified atom stereocenters. The number of hydrogen-bond donors (Lipinski definition) is 0. The highest BCUT2D eigenvalue weighted by Gasteiger charge is 2.43. The largest absolute Gasteiger partial charge is 0.301 e. The summed E-state index contributed by atoms with van der Waals surface area (Å²) in [6.07, 6.45) is 7.08. The molecule has 0 aromatic rings. The molecule has 3 rings (SSSR count). The minimum absolute atomic E-state index is 0.351. The first kappa shape index (κ1) is 17.7. The van der Waals surface area contributed by atoms with Crippen LogP contribution in [0.15, 0.2) is 0 Å². The van der Waals surface area contributed by atoms with Crippen molar-refractivity contribution in [1.29, 1.82) is 0 Å². The van der Waals surface area contributed by atoms with Crippen molar-refractivity contribution in [2.45, 2.75) is 84.3 Å². The Bertz CT molecular complexity index is 382. The summed E-state index contributed by atoms with van der Waals surface area (Å²) >= 11 is 0. The van der Waals surface area contributed by atoms with E-state index in [0.717, 1.165) is 12.1 Å². The maximum Gasteiger partial charge on any atom is 0.0125 e. The van der Waals surface area contributed by atoms with E-state index in [1.807, 2.05) is 0 Å². The minimum atomic E-state index is 0.351. The normalized spacial score (nSPS) is 29.0. The Balaban J connectivity index is 1.50. The number of likely N-dealkylation sites (tertiary alicyclic amines) is 3. The first-order valence-electron chi connectivity index (χ1n) is 10.0. The zero-order valence-electron chi connectivity index (χ0n) is 16.3. The van der Waals surface area contributed by atoms with Gasteiger partial charge < -0.3 is 4.90 Å². The Morgan fingerprint density at radius 3 is 1.96 bits per heavy atom. The second-order valence-corrected chi connectivity index (χ2v) is 9.74. The van der Waals surface area contributed by atoms with Gasteiger partial charge >= 0.3 is 0 Å². The molecule has 1 spiro atoms. The molecule has 3 aliphatic heterocycles. The van der Waals surface area contributed by atoms with E-state index in [2.05, 4.69) is 49.3 Å². The molecule has 3 fully saturated rings. The lowest BCUT2D eigenvalue weighted by atomic mass is 9.77. The Hall–Kier alpha value is -0.120. The van der Waals surface area contributed by atoms with Crippen LogP contribution in [-0.4, -0.2) is 71.6 Å². The molecule has 0 saturated carbocycles. The summed E-state index contributed by atoms with van der Waals surface area (Å²) in [6.45, 7) is 19.8. The van der Waals surface area contributed by atoms with Gasteiger partial charge in [-0.25, -0.2) is 0 Å². The predicted octanol–water partition coefficient (Wildman–Crippen LogP) is 3.45. The zero-order valence-corrected chi connectivity index (χ0v) is 16.3. The summed E-state index contributed by atoms with van der Waals surface area (Å²) in [7, 11) is 0. The van der Waals surface area contributed by atoms with Crippen LogP contribution in [-0.2, 0) is 0 Å². The van der Waals surface area contributed by atoms with Gasteiger partial charge in [0, 0.05) is 24.2 Å². The van der Waals surface area contributed by atoms with Crippen molar-refractivity contribution in [3.05, 3.63) is 0 Å². The highest BCUT2D eigenvalue weighted by atomic mass is 15.2. The third-order valence-corrected chi connectivity index (χ3v) is 6.99. The zero-order chi connectivity index (χ0) is 16.7. The molecule has 0 aromatic heterocycles. The predicted molar refractivity (Wildman–Crippen MR) is 98.9 cm³/mol. The molecular weight excluding hydrogens is 282 g/mol. The highest BCUT2D eigenvalue weighted by molar-refractivity contribution is 4.98. The fourth-order valence-corrected chi connectivity index (χ4v) is 5.11. The van der Waals surface area contributed by atoms with Crippen LogP contribution in [0.3, 0.4) is 0 Å². The fraction of sp³-hybridized carbons (Fsp3) is 1.00. The molecule has 0 amide bonds. The van der Waals surface area contributed by atoms with Crippen molar-refractivity contribution in [2.24, 2.45) is 5.41 Å². The second kappa shape index (κ2) is 6.65. The van der Waals surface area contributed by atoms with E-state index < -0.39 is 0 Å². The van der Waals surface area contributed by atoms with Gasteiger partial charge in [-0.05, 0) is 105 Å². The molecule has 0 bridgehead atoms. The lowest BCUT2D eigenvalue weighted by molar-refractivity contribution is 0.0386. The maximum absolute atomic E-state index is 2.87. The lowest BCUT2D eigenvalue weighted by Gasteiger charge is -2.46. The van der Waals surface area contributed by atoms with Crippen LogP contribution in [0.4, 0.5) is 0 Å². The van der Waals surface area contributed by atoms with Crippen LogP contribution in [0.25, 0.3) is 0 Å². The van der Waals surface area contributed by atoms with Crippen molar-refractivity contribution < 1.29 is 0 Å². The van der Waals surface area contributed by atoms with E-state index >= 15 is 0 Å². The van der Waals surface area contributed by atoms with E-state index in [4.69, 9.17) is 0 Å². The molecule has 0 N–H and O–H groups in total. The summed E-state index contributed by atoms with van der Waals surface area (Å²) in [4.78, 5) is 8.22. The molecule has 0 radical (unpaired) electrons. The average Bonchev–Trinajstić information content (AvgIpc) is 2.91. The minimum Gasteiger partial charge on any atom is -0.301 e. The summed E-state index contributed by atoms with van der Waals surface area (Å²) in [5.41, 5.74) is 1.00. The quantitative estimate of drug-likeness (QED) is 0.771. The number of hydrogen-bond acceptors (Lipinski definition) is 3. The van der Waals surface area contributed by atoms with Gasteiger partial charge in [0.2, 0.25) is 0 Å². The van der Waals surface area contributed by atoms with Crippen molar-refractivity contribution in [3.8, 4) is 0 Å². The van der Waals surface area contributed by atoms with Gasteiger partial charge in [-0.15, -0.1) is 0 Å². The van der Waals surface area contributed by atoms with Crippen molar-refractivity contribution >= 4 is 0 Å². The summed E-state index contributed by atoms with van der Waals surface area (Å²) in [6, 6.07) is 1.59. The molecule has 3 heteroatoms. The van der Waals surface area contributed by atoms with Crippen LogP contribution >= 0.6 is 0 Å². The fourth-order valence-electron chi connectivity index (χ4n) is 5.11.